The zero-order chi connectivity index (χ0) is 20.3. The quantitative estimate of drug-likeness (QED) is 0.826. The summed E-state index contributed by atoms with van der Waals surface area (Å²) >= 11 is 0. The van der Waals surface area contributed by atoms with E-state index in [1.165, 1.54) is 18.2 Å². The van der Waals surface area contributed by atoms with Gasteiger partial charge in [-0.25, -0.2) is 0 Å². The average Bonchev–Trinajstić information content (AvgIpc) is 2.68. The first-order chi connectivity index (χ1) is 13.3. The molecule has 0 unspecified atom stereocenters. The smallest absolute Gasteiger partial charge is 0.370 e. The number of nitrogens with two attached hydrogens (primary N) is 1. The first-order valence-electron chi connectivity index (χ1n) is 8.93. The second kappa shape index (κ2) is 7.92. The number of anilines is 2. The summed E-state index contributed by atoms with van der Waals surface area (Å²) in [4.78, 5) is 26.2. The molecule has 1 saturated heterocycles. The number of alkyl halides is 3. The molecule has 8 heteroatoms. The standard InChI is InChI=1S/C20H20F3N3O2/c21-20(22,23)15-6-4-5-14(11-15)19(28)25-16-12-13(18(24)27)7-8-17(16)26-9-2-1-3-10-26/h4-8,11-12H,1-3,9-10H2,(H2,24,27)(H,25,28). The Balaban J connectivity index is 1.92. The Morgan fingerprint density at radius 1 is 0.964 bits per heavy atom. The van der Waals surface area contributed by atoms with Crippen molar-refractivity contribution in [3.8, 4) is 0 Å². The minimum absolute atomic E-state index is 0.121. The number of amides is 2. The summed E-state index contributed by atoms with van der Waals surface area (Å²) in [6.45, 7) is 1.59. The van der Waals surface area contributed by atoms with Crippen molar-refractivity contribution in [2.24, 2.45) is 5.73 Å². The second-order valence-electron chi connectivity index (χ2n) is 6.68. The van der Waals surface area contributed by atoms with Gasteiger partial charge in [0.2, 0.25) is 5.91 Å². The van der Waals surface area contributed by atoms with Gasteiger partial charge in [-0.05, 0) is 55.7 Å². The largest absolute Gasteiger partial charge is 0.416 e. The molecule has 2 aromatic carbocycles. The van der Waals surface area contributed by atoms with E-state index in [9.17, 15) is 22.8 Å². The number of carbonyl (C=O) groups excluding carboxylic acids is 2. The van der Waals surface area contributed by atoms with E-state index in [1.54, 1.807) is 12.1 Å². The highest BCUT2D eigenvalue weighted by Gasteiger charge is 2.31. The maximum absolute atomic E-state index is 12.9. The van der Waals surface area contributed by atoms with Crippen molar-refractivity contribution >= 4 is 23.2 Å². The molecule has 148 valence electrons. The minimum atomic E-state index is -4.54. The average molecular weight is 391 g/mol. The Labute approximate surface area is 160 Å². The van der Waals surface area contributed by atoms with E-state index in [4.69, 9.17) is 5.73 Å². The number of benzene rings is 2. The molecule has 5 nitrogen and oxygen atoms in total. The van der Waals surface area contributed by atoms with E-state index in [1.807, 2.05) is 0 Å². The van der Waals surface area contributed by atoms with Crippen molar-refractivity contribution in [1.29, 1.82) is 0 Å². The van der Waals surface area contributed by atoms with Crippen molar-refractivity contribution in [1.82, 2.24) is 0 Å². The predicted octanol–water partition coefficient (Wildman–Crippen LogP) is 4.05. The van der Waals surface area contributed by atoms with Crippen LogP contribution in [-0.2, 0) is 6.18 Å². The molecule has 0 aliphatic carbocycles. The topological polar surface area (TPSA) is 75.4 Å². The molecule has 0 aromatic heterocycles. The molecule has 0 bridgehead atoms. The molecule has 1 aliphatic heterocycles. The van der Waals surface area contributed by atoms with Crippen molar-refractivity contribution in [2.45, 2.75) is 25.4 Å². The van der Waals surface area contributed by atoms with Gasteiger partial charge in [-0.2, -0.15) is 13.2 Å². The molecular weight excluding hydrogens is 371 g/mol. The number of nitrogens with one attached hydrogen (secondary N) is 1. The number of primary amides is 1. The van der Waals surface area contributed by atoms with Gasteiger partial charge in [0.05, 0.1) is 16.9 Å². The molecule has 0 saturated carbocycles. The lowest BCUT2D eigenvalue weighted by Crippen LogP contribution is -2.30. The van der Waals surface area contributed by atoms with Crippen LogP contribution in [0.4, 0.5) is 24.5 Å². The van der Waals surface area contributed by atoms with E-state index >= 15 is 0 Å². The highest BCUT2D eigenvalue weighted by atomic mass is 19.4. The number of carbonyl (C=O) groups is 2. The van der Waals surface area contributed by atoms with Gasteiger partial charge in [0.1, 0.15) is 0 Å². The van der Waals surface area contributed by atoms with Crippen molar-refractivity contribution < 1.29 is 22.8 Å². The molecule has 1 heterocycles. The zero-order valence-corrected chi connectivity index (χ0v) is 15.1. The summed E-state index contributed by atoms with van der Waals surface area (Å²) < 4.78 is 38.8. The maximum Gasteiger partial charge on any atom is 0.416 e. The lowest BCUT2D eigenvalue weighted by atomic mass is 10.1. The third kappa shape index (κ3) is 4.44. The van der Waals surface area contributed by atoms with Gasteiger partial charge in [-0.15, -0.1) is 0 Å². The van der Waals surface area contributed by atoms with E-state index in [0.29, 0.717) is 11.4 Å². The molecule has 2 aromatic rings. The fourth-order valence-corrected chi connectivity index (χ4v) is 3.23. The van der Waals surface area contributed by atoms with Gasteiger partial charge in [0.25, 0.3) is 5.91 Å². The van der Waals surface area contributed by atoms with Gasteiger partial charge >= 0.3 is 6.18 Å². The molecule has 0 spiro atoms. The van der Waals surface area contributed by atoms with Crippen molar-refractivity contribution in [3.05, 3.63) is 59.2 Å². The van der Waals surface area contributed by atoms with Gasteiger partial charge in [-0.1, -0.05) is 6.07 Å². The number of hydrogen-bond donors (Lipinski definition) is 2. The summed E-state index contributed by atoms with van der Waals surface area (Å²) in [7, 11) is 0. The van der Waals surface area contributed by atoms with Gasteiger partial charge in [-0.3, -0.25) is 9.59 Å². The second-order valence-corrected chi connectivity index (χ2v) is 6.68. The van der Waals surface area contributed by atoms with Crippen LogP contribution >= 0.6 is 0 Å². The fourth-order valence-electron chi connectivity index (χ4n) is 3.23. The normalized spacial score (nSPS) is 14.6. The van der Waals surface area contributed by atoms with Crippen molar-refractivity contribution in [3.63, 3.8) is 0 Å². The third-order valence-electron chi connectivity index (χ3n) is 4.68. The summed E-state index contributed by atoms with van der Waals surface area (Å²) in [5.74, 6) is -1.34. The molecule has 28 heavy (non-hydrogen) atoms. The van der Waals surface area contributed by atoms with Crippen LogP contribution in [0.1, 0.15) is 45.5 Å². The van der Waals surface area contributed by atoms with Crippen LogP contribution in [0.3, 0.4) is 0 Å². The van der Waals surface area contributed by atoms with Crippen LogP contribution in [0.25, 0.3) is 0 Å². The van der Waals surface area contributed by atoms with E-state index in [2.05, 4.69) is 10.2 Å². The Morgan fingerprint density at radius 2 is 1.68 bits per heavy atom. The Hall–Kier alpha value is -3.03. The summed E-state index contributed by atoms with van der Waals surface area (Å²) in [6, 6.07) is 8.93. The van der Waals surface area contributed by atoms with Crippen molar-refractivity contribution in [2.75, 3.05) is 23.3 Å². The number of halogens is 3. The highest BCUT2D eigenvalue weighted by Crippen LogP contribution is 2.32. The van der Waals surface area contributed by atoms with Gasteiger partial charge in [0.15, 0.2) is 0 Å². The molecular formula is C20H20F3N3O2. The summed E-state index contributed by atoms with van der Waals surface area (Å²) in [5, 5.41) is 2.64. The van der Waals surface area contributed by atoms with Gasteiger partial charge < -0.3 is 16.0 Å². The molecule has 1 aliphatic rings. The van der Waals surface area contributed by atoms with Crippen LogP contribution in [0.5, 0.6) is 0 Å². The summed E-state index contributed by atoms with van der Waals surface area (Å²) in [6.07, 6.45) is -1.43. The number of piperidine rings is 1. The maximum atomic E-state index is 12.9. The fraction of sp³-hybridized carbons (Fsp3) is 0.300. The van der Waals surface area contributed by atoms with Crippen LogP contribution in [-0.4, -0.2) is 24.9 Å². The number of nitrogens with zero attached hydrogens (tertiary/aromatic N) is 1. The van der Waals surface area contributed by atoms with E-state index in [-0.39, 0.29) is 11.1 Å². The number of hydrogen-bond acceptors (Lipinski definition) is 3. The third-order valence-corrected chi connectivity index (χ3v) is 4.68. The SMILES string of the molecule is NC(=O)c1ccc(N2CCCCC2)c(NC(=O)c2cccc(C(F)(F)F)c2)c1. The monoisotopic (exact) mass is 391 g/mol. The lowest BCUT2D eigenvalue weighted by molar-refractivity contribution is -0.137. The Bertz CT molecular complexity index is 891. The van der Waals surface area contributed by atoms with E-state index < -0.39 is 23.6 Å². The predicted molar refractivity (Wildman–Crippen MR) is 100 cm³/mol. The zero-order valence-electron chi connectivity index (χ0n) is 15.1. The Kier molecular flexibility index (Phi) is 5.58. The number of rotatable bonds is 4. The van der Waals surface area contributed by atoms with Crippen LogP contribution in [0.15, 0.2) is 42.5 Å². The molecule has 0 radical (unpaired) electrons. The van der Waals surface area contributed by atoms with E-state index in [0.717, 1.165) is 44.5 Å². The molecule has 2 amide bonds. The minimum Gasteiger partial charge on any atom is -0.370 e. The highest BCUT2D eigenvalue weighted by molar-refractivity contribution is 6.07. The van der Waals surface area contributed by atoms with Crippen LogP contribution in [0.2, 0.25) is 0 Å². The lowest BCUT2D eigenvalue weighted by Gasteiger charge is -2.30. The summed E-state index contributed by atoms with van der Waals surface area (Å²) in [5.41, 5.74) is 5.58. The molecule has 1 fully saturated rings. The van der Waals surface area contributed by atoms with Crippen LogP contribution < -0.4 is 16.0 Å². The van der Waals surface area contributed by atoms with Gasteiger partial charge in [0, 0.05) is 24.2 Å². The Morgan fingerprint density at radius 3 is 2.32 bits per heavy atom. The van der Waals surface area contributed by atoms with Crippen LogP contribution in [0, 0.1) is 0 Å². The molecule has 3 rings (SSSR count). The molecule has 3 N–H and O–H groups in total. The first kappa shape index (κ1) is 19.7. The first-order valence-corrected chi connectivity index (χ1v) is 8.93. The molecule has 0 atom stereocenters.